The zero-order valence-corrected chi connectivity index (χ0v) is 15.8. The maximum absolute atomic E-state index is 13.2. The van der Waals surface area contributed by atoms with Crippen molar-refractivity contribution in [2.75, 3.05) is 0 Å². The van der Waals surface area contributed by atoms with Crippen LogP contribution in [0.15, 0.2) is 53.4 Å². The SMILES string of the molecule is O=S(=O)(c1ccccc1C(F)(F)F)C1CCC(OCc2ccc(Cl)cc2)C1. The first kappa shape index (κ1) is 20.2. The first-order valence-electron chi connectivity index (χ1n) is 8.44. The Bertz CT molecular complexity index is 895. The molecule has 2 atom stereocenters. The maximum atomic E-state index is 13.2. The van der Waals surface area contributed by atoms with E-state index in [0.29, 0.717) is 18.1 Å². The Hall–Kier alpha value is -1.57. The molecule has 27 heavy (non-hydrogen) atoms. The van der Waals surface area contributed by atoms with Crippen LogP contribution in [0.25, 0.3) is 0 Å². The van der Waals surface area contributed by atoms with Gasteiger partial charge in [-0.25, -0.2) is 8.42 Å². The summed E-state index contributed by atoms with van der Waals surface area (Å²) in [5.41, 5.74) is -0.219. The maximum Gasteiger partial charge on any atom is 0.417 e. The van der Waals surface area contributed by atoms with E-state index in [0.717, 1.165) is 17.7 Å². The minimum Gasteiger partial charge on any atom is -0.373 e. The third-order valence-electron chi connectivity index (χ3n) is 4.67. The monoisotopic (exact) mass is 418 g/mol. The van der Waals surface area contributed by atoms with Crippen LogP contribution in [0.4, 0.5) is 13.2 Å². The van der Waals surface area contributed by atoms with Gasteiger partial charge in [-0.05, 0) is 49.1 Å². The fourth-order valence-corrected chi connectivity index (χ4v) is 5.42. The van der Waals surface area contributed by atoms with Gasteiger partial charge >= 0.3 is 6.18 Å². The van der Waals surface area contributed by atoms with Crippen molar-refractivity contribution in [1.29, 1.82) is 0 Å². The van der Waals surface area contributed by atoms with E-state index in [1.165, 1.54) is 12.1 Å². The van der Waals surface area contributed by atoms with Crippen molar-refractivity contribution in [2.45, 2.75) is 48.3 Å². The molecule has 2 aromatic carbocycles. The number of hydrogen-bond acceptors (Lipinski definition) is 3. The van der Waals surface area contributed by atoms with Crippen LogP contribution >= 0.6 is 11.6 Å². The molecule has 0 spiro atoms. The van der Waals surface area contributed by atoms with E-state index in [4.69, 9.17) is 16.3 Å². The minimum absolute atomic E-state index is 0.183. The van der Waals surface area contributed by atoms with Gasteiger partial charge in [-0.2, -0.15) is 13.2 Å². The highest BCUT2D eigenvalue weighted by Crippen LogP contribution is 2.38. The van der Waals surface area contributed by atoms with Crippen molar-refractivity contribution in [1.82, 2.24) is 0 Å². The van der Waals surface area contributed by atoms with E-state index < -0.39 is 31.7 Å². The molecule has 8 heteroatoms. The van der Waals surface area contributed by atoms with Gasteiger partial charge in [-0.1, -0.05) is 35.9 Å². The van der Waals surface area contributed by atoms with Gasteiger partial charge in [0, 0.05) is 5.02 Å². The third kappa shape index (κ3) is 4.65. The van der Waals surface area contributed by atoms with Gasteiger partial charge in [-0.15, -0.1) is 0 Å². The highest BCUT2D eigenvalue weighted by molar-refractivity contribution is 7.92. The van der Waals surface area contributed by atoms with Crippen molar-refractivity contribution < 1.29 is 26.3 Å². The van der Waals surface area contributed by atoms with Gasteiger partial charge < -0.3 is 4.74 Å². The van der Waals surface area contributed by atoms with Crippen LogP contribution in [0.1, 0.15) is 30.4 Å². The van der Waals surface area contributed by atoms with Gasteiger partial charge in [-0.3, -0.25) is 0 Å². The molecule has 3 rings (SSSR count). The zero-order valence-electron chi connectivity index (χ0n) is 14.2. The minimum atomic E-state index is -4.72. The molecular formula is C19H18ClF3O3S. The Balaban J connectivity index is 1.70. The second-order valence-electron chi connectivity index (χ2n) is 6.53. The molecule has 0 radical (unpaired) electrons. The average Bonchev–Trinajstić information content (AvgIpc) is 3.10. The summed E-state index contributed by atoms with van der Waals surface area (Å²) in [6.45, 7) is 0.299. The summed E-state index contributed by atoms with van der Waals surface area (Å²) in [6, 6.07) is 11.4. The number of halogens is 4. The lowest BCUT2D eigenvalue weighted by Crippen LogP contribution is -2.23. The second kappa shape index (κ2) is 7.81. The predicted octanol–water partition coefficient (Wildman–Crippen LogP) is 5.27. The van der Waals surface area contributed by atoms with E-state index in [9.17, 15) is 21.6 Å². The summed E-state index contributed by atoms with van der Waals surface area (Å²) >= 11 is 5.82. The first-order valence-corrected chi connectivity index (χ1v) is 10.4. The summed E-state index contributed by atoms with van der Waals surface area (Å²) in [5.74, 6) is 0. The highest BCUT2D eigenvalue weighted by atomic mass is 35.5. The van der Waals surface area contributed by atoms with Crippen LogP contribution in [0.5, 0.6) is 0 Å². The van der Waals surface area contributed by atoms with Crippen LogP contribution in [0.3, 0.4) is 0 Å². The molecule has 0 bridgehead atoms. The van der Waals surface area contributed by atoms with E-state index in [1.807, 2.05) is 12.1 Å². The van der Waals surface area contributed by atoms with Crippen molar-refractivity contribution in [3.05, 3.63) is 64.7 Å². The van der Waals surface area contributed by atoms with Crippen molar-refractivity contribution in [2.24, 2.45) is 0 Å². The van der Waals surface area contributed by atoms with Crippen LogP contribution < -0.4 is 0 Å². The fraction of sp³-hybridized carbons (Fsp3) is 0.368. The van der Waals surface area contributed by atoms with Gasteiger partial charge in [0.05, 0.1) is 28.4 Å². The Morgan fingerprint density at radius 3 is 2.37 bits per heavy atom. The topological polar surface area (TPSA) is 43.4 Å². The molecule has 1 saturated carbocycles. The number of hydrogen-bond donors (Lipinski definition) is 0. The third-order valence-corrected chi connectivity index (χ3v) is 7.20. The molecule has 146 valence electrons. The zero-order chi connectivity index (χ0) is 19.7. The molecule has 1 aliphatic rings. The average molecular weight is 419 g/mol. The summed E-state index contributed by atoms with van der Waals surface area (Å²) in [7, 11) is -4.09. The molecule has 1 fully saturated rings. The summed E-state index contributed by atoms with van der Waals surface area (Å²) < 4.78 is 70.9. The molecule has 0 aromatic heterocycles. The molecule has 0 amide bonds. The summed E-state index contributed by atoms with van der Waals surface area (Å²) in [4.78, 5) is -0.652. The van der Waals surface area contributed by atoms with Gasteiger partial charge in [0.15, 0.2) is 9.84 Å². The Labute approximate surface area is 161 Å². The standard InChI is InChI=1S/C19H18ClF3O3S/c20-14-7-5-13(6-8-14)12-26-15-9-10-16(11-15)27(24,25)18-4-2-1-3-17(18)19(21,22)23/h1-8,15-16H,9-12H2. The summed E-state index contributed by atoms with van der Waals surface area (Å²) in [6.07, 6.45) is -4.07. The predicted molar refractivity (Wildman–Crippen MR) is 96.3 cm³/mol. The highest BCUT2D eigenvalue weighted by Gasteiger charge is 2.42. The van der Waals surface area contributed by atoms with Gasteiger partial charge in [0.2, 0.25) is 0 Å². The number of ether oxygens (including phenoxy) is 1. The molecule has 2 aromatic rings. The van der Waals surface area contributed by atoms with Crippen molar-refractivity contribution in [3.63, 3.8) is 0 Å². The smallest absolute Gasteiger partial charge is 0.373 e. The molecule has 2 unspecified atom stereocenters. The van der Waals surface area contributed by atoms with E-state index in [-0.39, 0.29) is 18.9 Å². The number of rotatable bonds is 5. The first-order chi connectivity index (χ1) is 12.7. The molecular weight excluding hydrogens is 401 g/mol. The van der Waals surface area contributed by atoms with Crippen LogP contribution in [0, 0.1) is 0 Å². The van der Waals surface area contributed by atoms with E-state index >= 15 is 0 Å². The van der Waals surface area contributed by atoms with Crippen LogP contribution in [0.2, 0.25) is 5.02 Å². The molecule has 0 heterocycles. The van der Waals surface area contributed by atoms with E-state index in [2.05, 4.69) is 0 Å². The van der Waals surface area contributed by atoms with Crippen LogP contribution in [-0.4, -0.2) is 19.8 Å². The molecule has 0 aliphatic heterocycles. The quantitative estimate of drug-likeness (QED) is 0.664. The lowest BCUT2D eigenvalue weighted by molar-refractivity contribution is -0.139. The number of alkyl halides is 3. The number of sulfone groups is 1. The van der Waals surface area contributed by atoms with E-state index in [1.54, 1.807) is 12.1 Å². The molecule has 0 saturated heterocycles. The van der Waals surface area contributed by atoms with Gasteiger partial charge in [0.1, 0.15) is 0 Å². The normalized spacial score (nSPS) is 20.7. The molecule has 1 aliphatic carbocycles. The Morgan fingerprint density at radius 2 is 1.70 bits per heavy atom. The van der Waals surface area contributed by atoms with Crippen molar-refractivity contribution >= 4 is 21.4 Å². The lowest BCUT2D eigenvalue weighted by Gasteiger charge is -2.17. The Kier molecular flexibility index (Phi) is 5.84. The van der Waals surface area contributed by atoms with Crippen molar-refractivity contribution in [3.8, 4) is 0 Å². The van der Waals surface area contributed by atoms with Gasteiger partial charge in [0.25, 0.3) is 0 Å². The molecule has 3 nitrogen and oxygen atoms in total. The van der Waals surface area contributed by atoms with Crippen LogP contribution in [-0.2, 0) is 27.4 Å². The Morgan fingerprint density at radius 1 is 1.04 bits per heavy atom. The summed E-state index contributed by atoms with van der Waals surface area (Å²) in [5, 5.41) is -0.273. The lowest BCUT2D eigenvalue weighted by atomic mass is 10.2. The largest absolute Gasteiger partial charge is 0.417 e. The molecule has 0 N–H and O–H groups in total. The fourth-order valence-electron chi connectivity index (χ4n) is 3.26. The number of benzene rings is 2. The second-order valence-corrected chi connectivity index (χ2v) is 9.17.